The van der Waals surface area contributed by atoms with Crippen molar-refractivity contribution in [3.05, 3.63) is 0 Å². The molecule has 0 amide bonds. The molecule has 0 aromatic carbocycles. The maximum absolute atomic E-state index is 3.49. The van der Waals surface area contributed by atoms with Crippen LogP contribution in [-0.4, -0.2) is 62.7 Å². The van der Waals surface area contributed by atoms with Gasteiger partial charge in [0.25, 0.3) is 0 Å². The first-order valence-electron chi connectivity index (χ1n) is 8.37. The van der Waals surface area contributed by atoms with Gasteiger partial charge in [0.1, 0.15) is 0 Å². The maximum atomic E-state index is 3.49. The van der Waals surface area contributed by atoms with Crippen LogP contribution >= 0.6 is 0 Å². The van der Waals surface area contributed by atoms with Crippen LogP contribution in [-0.2, 0) is 0 Å². The van der Waals surface area contributed by atoms with Crippen LogP contribution in [0, 0.1) is 11.3 Å². The summed E-state index contributed by atoms with van der Waals surface area (Å²) in [5.41, 5.74) is 0.719. The van der Waals surface area contributed by atoms with E-state index in [0.29, 0.717) is 0 Å². The molecule has 0 bridgehead atoms. The predicted molar refractivity (Wildman–Crippen MR) is 82.5 cm³/mol. The van der Waals surface area contributed by atoms with Gasteiger partial charge in [-0.3, -0.25) is 0 Å². The van der Waals surface area contributed by atoms with Crippen LogP contribution in [0.2, 0.25) is 0 Å². The highest BCUT2D eigenvalue weighted by molar-refractivity contribution is 4.98. The van der Waals surface area contributed by atoms with Gasteiger partial charge in [-0.15, -0.1) is 0 Å². The molecule has 3 fully saturated rings. The summed E-state index contributed by atoms with van der Waals surface area (Å²) in [5.74, 6) is 0.977. The van der Waals surface area contributed by atoms with Crippen LogP contribution in [0.1, 0.15) is 39.5 Å². The van der Waals surface area contributed by atoms with Crippen molar-refractivity contribution in [3.63, 3.8) is 0 Å². The molecular formula is C16H33N3. The molecule has 3 aliphatic rings. The molecule has 3 rings (SSSR count). The first-order chi connectivity index (χ1) is 9.26. The highest BCUT2D eigenvalue weighted by atomic mass is 15.2. The van der Waals surface area contributed by atoms with E-state index in [1.54, 1.807) is 0 Å². The fourth-order valence-electron chi connectivity index (χ4n) is 3.91. The largest absolute Gasteiger partial charge is 0.317 e. The molecule has 112 valence electrons. The molecule has 0 saturated carbocycles. The summed E-state index contributed by atoms with van der Waals surface area (Å²) in [5, 5.41) is 3.49. The fourth-order valence-corrected chi connectivity index (χ4v) is 3.91. The Balaban J connectivity index is 0.000000637. The van der Waals surface area contributed by atoms with Gasteiger partial charge in [-0.2, -0.15) is 0 Å². The van der Waals surface area contributed by atoms with Crippen molar-refractivity contribution < 1.29 is 0 Å². The minimum atomic E-state index is 0.719. The van der Waals surface area contributed by atoms with Gasteiger partial charge in [-0.25, -0.2) is 0 Å². The second-order valence-corrected chi connectivity index (χ2v) is 6.67. The Kier molecular flexibility index (Phi) is 5.67. The van der Waals surface area contributed by atoms with E-state index in [9.17, 15) is 0 Å². The van der Waals surface area contributed by atoms with Gasteiger partial charge >= 0.3 is 0 Å². The zero-order valence-electron chi connectivity index (χ0n) is 13.2. The minimum Gasteiger partial charge on any atom is -0.317 e. The molecule has 19 heavy (non-hydrogen) atoms. The zero-order chi connectivity index (χ0) is 13.7. The summed E-state index contributed by atoms with van der Waals surface area (Å²) in [4.78, 5) is 5.20. The summed E-state index contributed by atoms with van der Waals surface area (Å²) in [7, 11) is 2.25. The van der Waals surface area contributed by atoms with Crippen LogP contribution in [0.15, 0.2) is 0 Å². The maximum Gasteiger partial charge on any atom is 0.00515 e. The highest BCUT2D eigenvalue weighted by Gasteiger charge is 2.43. The van der Waals surface area contributed by atoms with Gasteiger partial charge in [-0.05, 0) is 70.2 Å². The van der Waals surface area contributed by atoms with Crippen molar-refractivity contribution in [2.24, 2.45) is 11.3 Å². The van der Waals surface area contributed by atoms with Crippen molar-refractivity contribution >= 4 is 0 Å². The third-order valence-electron chi connectivity index (χ3n) is 5.14. The van der Waals surface area contributed by atoms with Crippen molar-refractivity contribution in [2.45, 2.75) is 39.5 Å². The van der Waals surface area contributed by atoms with Gasteiger partial charge in [0.05, 0.1) is 0 Å². The molecule has 0 radical (unpaired) electrons. The number of rotatable bonds is 2. The van der Waals surface area contributed by atoms with E-state index < -0.39 is 0 Å². The van der Waals surface area contributed by atoms with Crippen LogP contribution in [0.25, 0.3) is 0 Å². The third kappa shape index (κ3) is 3.93. The highest BCUT2D eigenvalue weighted by Crippen LogP contribution is 2.39. The molecule has 3 aliphatic heterocycles. The molecule has 0 aromatic rings. The van der Waals surface area contributed by atoms with E-state index in [1.807, 2.05) is 13.8 Å². The first kappa shape index (κ1) is 15.3. The smallest absolute Gasteiger partial charge is 0.00515 e. The fraction of sp³-hybridized carbons (Fsp3) is 1.00. The van der Waals surface area contributed by atoms with Gasteiger partial charge in [0, 0.05) is 19.6 Å². The van der Waals surface area contributed by atoms with Gasteiger partial charge in [0.2, 0.25) is 0 Å². The Morgan fingerprint density at radius 2 is 1.63 bits per heavy atom. The average molecular weight is 267 g/mol. The lowest BCUT2D eigenvalue weighted by atomic mass is 9.72. The molecule has 3 heterocycles. The monoisotopic (exact) mass is 267 g/mol. The topological polar surface area (TPSA) is 18.5 Å². The standard InChI is InChI=1S/C14H27N3.C2H6/c1-16-8-2-13(3-9-16)10-17-11-14(12-17)4-6-15-7-5-14;1-2/h13,15H,2-12H2,1H3;1-2H3. The first-order valence-corrected chi connectivity index (χ1v) is 8.37. The van der Waals surface area contributed by atoms with Crippen molar-refractivity contribution in [3.8, 4) is 0 Å². The molecule has 3 heteroatoms. The lowest BCUT2D eigenvalue weighted by Gasteiger charge is -2.53. The minimum absolute atomic E-state index is 0.719. The molecule has 0 atom stereocenters. The van der Waals surface area contributed by atoms with E-state index in [0.717, 1.165) is 11.3 Å². The summed E-state index contributed by atoms with van der Waals surface area (Å²) in [6.45, 7) is 13.3. The average Bonchev–Trinajstić information content (AvgIpc) is 2.43. The Morgan fingerprint density at radius 3 is 2.21 bits per heavy atom. The Bertz CT molecular complexity index is 245. The summed E-state index contributed by atoms with van der Waals surface area (Å²) >= 11 is 0. The molecule has 0 aromatic heterocycles. The van der Waals surface area contributed by atoms with Crippen LogP contribution < -0.4 is 5.32 Å². The molecular weight excluding hydrogens is 234 g/mol. The van der Waals surface area contributed by atoms with Gasteiger partial charge in [0.15, 0.2) is 0 Å². The van der Waals surface area contributed by atoms with Gasteiger partial charge < -0.3 is 15.1 Å². The Morgan fingerprint density at radius 1 is 1.05 bits per heavy atom. The summed E-state index contributed by atoms with van der Waals surface area (Å²) in [6, 6.07) is 0. The van der Waals surface area contributed by atoms with Crippen LogP contribution in [0.4, 0.5) is 0 Å². The predicted octanol–water partition coefficient (Wildman–Crippen LogP) is 2.04. The molecule has 1 N–H and O–H groups in total. The molecule has 3 saturated heterocycles. The lowest BCUT2D eigenvalue weighted by Crippen LogP contribution is -2.60. The normalized spacial score (nSPS) is 28.6. The molecule has 1 spiro atoms. The number of hydrogen-bond donors (Lipinski definition) is 1. The molecule has 3 nitrogen and oxygen atoms in total. The quantitative estimate of drug-likeness (QED) is 0.826. The number of likely N-dealkylation sites (tertiary alicyclic amines) is 2. The zero-order valence-corrected chi connectivity index (χ0v) is 13.2. The van der Waals surface area contributed by atoms with Crippen LogP contribution in [0.3, 0.4) is 0 Å². The molecule has 0 aliphatic carbocycles. The Hall–Kier alpha value is -0.120. The summed E-state index contributed by atoms with van der Waals surface area (Å²) < 4.78 is 0. The van der Waals surface area contributed by atoms with Crippen LogP contribution in [0.5, 0.6) is 0 Å². The number of hydrogen-bond acceptors (Lipinski definition) is 3. The second-order valence-electron chi connectivity index (χ2n) is 6.67. The van der Waals surface area contributed by atoms with E-state index in [2.05, 4.69) is 22.2 Å². The third-order valence-corrected chi connectivity index (χ3v) is 5.14. The van der Waals surface area contributed by atoms with Crippen molar-refractivity contribution in [1.29, 1.82) is 0 Å². The summed E-state index contributed by atoms with van der Waals surface area (Å²) in [6.07, 6.45) is 5.66. The van der Waals surface area contributed by atoms with Crippen molar-refractivity contribution in [1.82, 2.24) is 15.1 Å². The van der Waals surface area contributed by atoms with E-state index >= 15 is 0 Å². The number of nitrogens with one attached hydrogen (secondary N) is 1. The second kappa shape index (κ2) is 7.05. The Labute approximate surface area is 119 Å². The van der Waals surface area contributed by atoms with E-state index in [1.165, 1.54) is 71.5 Å². The van der Waals surface area contributed by atoms with E-state index in [-0.39, 0.29) is 0 Å². The SMILES string of the molecule is CC.CN1CCC(CN2CC3(CCNCC3)C2)CC1. The van der Waals surface area contributed by atoms with Crippen molar-refractivity contribution in [2.75, 3.05) is 52.9 Å². The number of piperidine rings is 2. The van der Waals surface area contributed by atoms with E-state index in [4.69, 9.17) is 0 Å². The number of nitrogens with zero attached hydrogens (tertiary/aromatic N) is 2. The van der Waals surface area contributed by atoms with Gasteiger partial charge in [-0.1, -0.05) is 13.8 Å². The lowest BCUT2D eigenvalue weighted by molar-refractivity contribution is -0.0358. The molecule has 0 unspecified atom stereocenters.